The molecule has 1 atom stereocenters. The number of benzene rings is 2. The quantitative estimate of drug-likeness (QED) is 0.780. The van der Waals surface area contributed by atoms with E-state index in [4.69, 9.17) is 9.47 Å². The lowest BCUT2D eigenvalue weighted by molar-refractivity contribution is -0.122. The Hall–Kier alpha value is -2.42. The Labute approximate surface area is 171 Å². The molecule has 0 bridgehead atoms. The lowest BCUT2D eigenvalue weighted by Gasteiger charge is -2.26. The third-order valence-electron chi connectivity index (χ3n) is 4.96. The molecule has 1 N–H and O–H groups in total. The fourth-order valence-corrected chi connectivity index (χ4v) is 4.39. The Morgan fingerprint density at radius 2 is 1.76 bits per heavy atom. The van der Waals surface area contributed by atoms with Gasteiger partial charge < -0.3 is 14.8 Å². The van der Waals surface area contributed by atoms with Crippen molar-refractivity contribution in [3.8, 4) is 5.75 Å². The lowest BCUT2D eigenvalue weighted by Crippen LogP contribution is -2.40. The van der Waals surface area contributed by atoms with E-state index in [-0.39, 0.29) is 10.8 Å². The molecule has 1 fully saturated rings. The van der Waals surface area contributed by atoms with Gasteiger partial charge in [0, 0.05) is 18.8 Å². The maximum absolute atomic E-state index is 12.7. The summed E-state index contributed by atoms with van der Waals surface area (Å²) in [6.45, 7) is 7.08. The van der Waals surface area contributed by atoms with E-state index in [1.807, 2.05) is 32.0 Å². The Morgan fingerprint density at radius 1 is 1.10 bits per heavy atom. The minimum Gasteiger partial charge on any atom is -0.481 e. The number of carbonyl (C=O) groups is 1. The topological polar surface area (TPSA) is 84.9 Å². The molecule has 0 aromatic heterocycles. The molecule has 1 aliphatic rings. The van der Waals surface area contributed by atoms with E-state index in [0.29, 0.717) is 37.7 Å². The van der Waals surface area contributed by atoms with E-state index >= 15 is 0 Å². The average Bonchev–Trinajstić information content (AvgIpc) is 2.72. The first-order chi connectivity index (χ1) is 13.8. The zero-order chi connectivity index (χ0) is 21.0. The second-order valence-corrected chi connectivity index (χ2v) is 8.93. The van der Waals surface area contributed by atoms with Gasteiger partial charge in [0.1, 0.15) is 5.75 Å². The number of hydrogen-bond acceptors (Lipinski definition) is 5. The monoisotopic (exact) mass is 418 g/mol. The first kappa shape index (κ1) is 21.3. The number of aryl methyl sites for hydroxylation is 1. The Balaban J connectivity index is 1.64. The molecular formula is C21H26N2O5S. The molecule has 156 valence electrons. The Bertz CT molecular complexity index is 967. The van der Waals surface area contributed by atoms with Gasteiger partial charge in [-0.05, 0) is 62.2 Å². The van der Waals surface area contributed by atoms with E-state index < -0.39 is 16.1 Å². The number of anilines is 1. The summed E-state index contributed by atoms with van der Waals surface area (Å²) < 4.78 is 37.7. The molecular weight excluding hydrogens is 392 g/mol. The fourth-order valence-electron chi connectivity index (χ4n) is 2.99. The molecule has 7 nitrogen and oxygen atoms in total. The summed E-state index contributed by atoms with van der Waals surface area (Å²) in [7, 11) is -3.56. The van der Waals surface area contributed by atoms with Crippen LogP contribution in [0.15, 0.2) is 47.4 Å². The first-order valence-corrected chi connectivity index (χ1v) is 10.9. The summed E-state index contributed by atoms with van der Waals surface area (Å²) in [5, 5.41) is 2.76. The van der Waals surface area contributed by atoms with Gasteiger partial charge in [-0.3, -0.25) is 4.79 Å². The summed E-state index contributed by atoms with van der Waals surface area (Å²) in [6.07, 6.45) is -0.702. The van der Waals surface area contributed by atoms with Crippen molar-refractivity contribution >= 4 is 21.6 Å². The van der Waals surface area contributed by atoms with Gasteiger partial charge in [-0.15, -0.1) is 0 Å². The average molecular weight is 419 g/mol. The van der Waals surface area contributed by atoms with Crippen molar-refractivity contribution in [2.45, 2.75) is 31.8 Å². The maximum Gasteiger partial charge on any atom is 0.265 e. The number of ether oxygens (including phenoxy) is 2. The van der Waals surface area contributed by atoms with E-state index in [2.05, 4.69) is 5.32 Å². The predicted octanol–water partition coefficient (Wildman–Crippen LogP) is 2.73. The van der Waals surface area contributed by atoms with Gasteiger partial charge in [0.15, 0.2) is 6.10 Å². The van der Waals surface area contributed by atoms with Crippen molar-refractivity contribution in [1.82, 2.24) is 4.31 Å². The zero-order valence-corrected chi connectivity index (χ0v) is 17.7. The van der Waals surface area contributed by atoms with Crippen LogP contribution in [0.5, 0.6) is 5.75 Å². The second-order valence-electron chi connectivity index (χ2n) is 6.99. The van der Waals surface area contributed by atoms with Gasteiger partial charge in [0.05, 0.1) is 18.1 Å². The van der Waals surface area contributed by atoms with Crippen molar-refractivity contribution in [2.75, 3.05) is 31.6 Å². The number of hydrogen-bond donors (Lipinski definition) is 1. The van der Waals surface area contributed by atoms with Crippen LogP contribution in [0.4, 0.5) is 5.69 Å². The van der Waals surface area contributed by atoms with Crippen molar-refractivity contribution in [3.05, 3.63) is 53.6 Å². The van der Waals surface area contributed by atoms with Crippen LogP contribution >= 0.6 is 0 Å². The van der Waals surface area contributed by atoms with Crippen molar-refractivity contribution in [3.63, 3.8) is 0 Å². The zero-order valence-electron chi connectivity index (χ0n) is 16.8. The van der Waals surface area contributed by atoms with E-state index in [9.17, 15) is 13.2 Å². The number of carbonyl (C=O) groups excluding carboxylic acids is 1. The van der Waals surface area contributed by atoms with Gasteiger partial charge in [0.2, 0.25) is 10.0 Å². The molecule has 3 rings (SSSR count). The van der Waals surface area contributed by atoms with Gasteiger partial charge in [0.25, 0.3) is 5.91 Å². The number of nitrogens with one attached hydrogen (secondary N) is 1. The number of amides is 1. The highest BCUT2D eigenvalue weighted by Crippen LogP contribution is 2.23. The predicted molar refractivity (Wildman–Crippen MR) is 111 cm³/mol. The van der Waals surface area contributed by atoms with E-state index in [1.54, 1.807) is 19.1 Å². The maximum atomic E-state index is 12.7. The molecule has 0 spiro atoms. The molecule has 0 aliphatic carbocycles. The summed E-state index contributed by atoms with van der Waals surface area (Å²) >= 11 is 0. The van der Waals surface area contributed by atoms with Crippen LogP contribution in [-0.2, 0) is 19.6 Å². The molecule has 1 saturated heterocycles. The van der Waals surface area contributed by atoms with Crippen LogP contribution in [0, 0.1) is 13.8 Å². The summed E-state index contributed by atoms with van der Waals surface area (Å²) in [6, 6.07) is 11.9. The fraction of sp³-hybridized carbons (Fsp3) is 0.381. The van der Waals surface area contributed by atoms with Crippen molar-refractivity contribution < 1.29 is 22.7 Å². The molecule has 0 unspecified atom stereocenters. The summed E-state index contributed by atoms with van der Waals surface area (Å²) in [5.41, 5.74) is 2.59. The Kier molecular flexibility index (Phi) is 6.56. The molecule has 8 heteroatoms. The van der Waals surface area contributed by atoms with E-state index in [0.717, 1.165) is 11.1 Å². The number of sulfonamides is 1. The minimum atomic E-state index is -3.56. The second kappa shape index (κ2) is 8.94. The number of rotatable bonds is 6. The molecule has 0 radical (unpaired) electrons. The molecule has 29 heavy (non-hydrogen) atoms. The van der Waals surface area contributed by atoms with Crippen LogP contribution in [0.3, 0.4) is 0 Å². The van der Waals surface area contributed by atoms with Crippen LogP contribution in [0.2, 0.25) is 0 Å². The molecule has 2 aromatic carbocycles. The molecule has 1 amide bonds. The molecule has 0 saturated carbocycles. The highest BCUT2D eigenvalue weighted by atomic mass is 32.2. The first-order valence-electron chi connectivity index (χ1n) is 9.51. The van der Waals surface area contributed by atoms with Gasteiger partial charge in [-0.25, -0.2) is 8.42 Å². The van der Waals surface area contributed by atoms with Crippen LogP contribution < -0.4 is 10.1 Å². The van der Waals surface area contributed by atoms with Crippen LogP contribution in [0.1, 0.15) is 18.1 Å². The summed E-state index contributed by atoms with van der Waals surface area (Å²) in [5.74, 6) is 0.356. The standard InChI is InChI=1S/C21H26N2O5S/c1-15-5-4-6-20(16(15)2)28-17(3)21(24)22-18-7-9-19(10-8-18)29(25,26)23-11-13-27-14-12-23/h4-10,17H,11-14H2,1-3H3,(H,22,24)/t17-/m1/s1. The molecule has 2 aromatic rings. The highest BCUT2D eigenvalue weighted by molar-refractivity contribution is 7.89. The highest BCUT2D eigenvalue weighted by Gasteiger charge is 2.26. The van der Waals surface area contributed by atoms with Gasteiger partial charge in [-0.2, -0.15) is 4.31 Å². The smallest absolute Gasteiger partial charge is 0.265 e. The lowest BCUT2D eigenvalue weighted by atomic mass is 10.1. The Morgan fingerprint density at radius 3 is 2.41 bits per heavy atom. The normalized spacial score (nSPS) is 16.2. The van der Waals surface area contributed by atoms with Crippen molar-refractivity contribution in [1.29, 1.82) is 0 Å². The third kappa shape index (κ3) is 4.95. The van der Waals surface area contributed by atoms with Crippen LogP contribution in [-0.4, -0.2) is 51.0 Å². The number of nitrogens with zero attached hydrogens (tertiary/aromatic N) is 1. The van der Waals surface area contributed by atoms with E-state index in [1.165, 1.54) is 16.4 Å². The third-order valence-corrected chi connectivity index (χ3v) is 6.87. The minimum absolute atomic E-state index is 0.192. The van der Waals surface area contributed by atoms with Crippen LogP contribution in [0.25, 0.3) is 0 Å². The van der Waals surface area contributed by atoms with Gasteiger partial charge in [-0.1, -0.05) is 12.1 Å². The van der Waals surface area contributed by atoms with Gasteiger partial charge >= 0.3 is 0 Å². The molecule has 1 aliphatic heterocycles. The largest absolute Gasteiger partial charge is 0.481 e. The number of morpholine rings is 1. The SMILES string of the molecule is Cc1cccc(O[C@H](C)C(=O)Nc2ccc(S(=O)(=O)N3CCOCC3)cc2)c1C. The van der Waals surface area contributed by atoms with Crippen molar-refractivity contribution in [2.24, 2.45) is 0 Å². The molecule has 1 heterocycles. The summed E-state index contributed by atoms with van der Waals surface area (Å²) in [4.78, 5) is 12.7.